The van der Waals surface area contributed by atoms with Crippen LogP contribution < -0.4 is 15.5 Å². The Kier molecular flexibility index (Phi) is 7.99. The van der Waals surface area contributed by atoms with Crippen LogP contribution in [0.3, 0.4) is 0 Å². The summed E-state index contributed by atoms with van der Waals surface area (Å²) in [5.74, 6) is 0.835. The van der Waals surface area contributed by atoms with Gasteiger partial charge in [0.05, 0.1) is 0 Å². The Bertz CT molecular complexity index is 1580. The van der Waals surface area contributed by atoms with Crippen LogP contribution in [-0.2, 0) is 22.7 Å². The van der Waals surface area contributed by atoms with Gasteiger partial charge in [0.15, 0.2) is 0 Å². The van der Waals surface area contributed by atoms with Crippen molar-refractivity contribution >= 4 is 29.4 Å². The molecule has 0 spiro atoms. The number of anilines is 2. The summed E-state index contributed by atoms with van der Waals surface area (Å²) in [5, 5.41) is 5.89. The largest absolute Gasteiger partial charge is 0.371 e. The molecule has 0 radical (unpaired) electrons. The predicted molar refractivity (Wildman–Crippen MR) is 172 cm³/mol. The highest BCUT2D eigenvalue weighted by Crippen LogP contribution is 2.34. The number of aromatic nitrogens is 2. The van der Waals surface area contributed by atoms with Crippen molar-refractivity contribution in [2.24, 2.45) is 0 Å². The highest BCUT2D eigenvalue weighted by molar-refractivity contribution is 6.05. The van der Waals surface area contributed by atoms with E-state index in [1.807, 2.05) is 18.5 Å². The number of imide groups is 1. The number of carbonyl (C=O) groups is 3. The maximum Gasteiger partial charge on any atom is 0.255 e. The van der Waals surface area contributed by atoms with E-state index in [-0.39, 0.29) is 24.1 Å². The van der Waals surface area contributed by atoms with Crippen molar-refractivity contribution in [1.29, 1.82) is 0 Å². The van der Waals surface area contributed by atoms with Crippen molar-refractivity contribution in [2.75, 3.05) is 36.4 Å². The van der Waals surface area contributed by atoms with E-state index < -0.39 is 6.04 Å². The topological polar surface area (TPSA) is 111 Å². The van der Waals surface area contributed by atoms with Crippen molar-refractivity contribution < 1.29 is 14.4 Å². The number of likely N-dealkylation sites (tertiary alicyclic amines) is 1. The average molecular weight is 608 g/mol. The lowest BCUT2D eigenvalue weighted by Gasteiger charge is -2.40. The number of nitrogens with zero attached hydrogens (tertiary/aromatic N) is 5. The van der Waals surface area contributed by atoms with Crippen LogP contribution in [0.25, 0.3) is 0 Å². The summed E-state index contributed by atoms with van der Waals surface area (Å²) in [4.78, 5) is 52.5. The molecule has 1 atom stereocenters. The van der Waals surface area contributed by atoms with E-state index in [9.17, 15) is 14.4 Å². The molecule has 3 fully saturated rings. The molecule has 4 aliphatic rings. The molecule has 3 aromatic rings. The zero-order valence-corrected chi connectivity index (χ0v) is 26.0. The maximum absolute atomic E-state index is 13.0. The van der Waals surface area contributed by atoms with Gasteiger partial charge in [0.25, 0.3) is 5.91 Å². The first-order valence-electron chi connectivity index (χ1n) is 16.2. The molecule has 10 nitrogen and oxygen atoms in total. The molecule has 0 saturated carbocycles. The Labute approximate surface area is 264 Å². The second-order valence-electron chi connectivity index (χ2n) is 13.3. The summed E-state index contributed by atoms with van der Waals surface area (Å²) in [6, 6.07) is 14.9. The van der Waals surface area contributed by atoms with Crippen LogP contribution in [0, 0.1) is 0 Å². The lowest BCUT2D eigenvalue weighted by atomic mass is 9.89. The standard InChI is InChI=1S/C35H41N7O3/c1-22(2)26-16-36-35(37-17-26)38-28-11-13-41(14-12-28)29-6-3-23(4-7-29)18-40-19-27(20-40)24-5-8-30-25(15-24)21-42(34(30)45)31-9-10-32(43)39-33(31)44/h3-8,15-17,22,27-28,31H,9-14,18-21H2,1-2H3,(H,36,37,38)(H,39,43,44). The molecule has 0 bridgehead atoms. The number of hydrogen-bond acceptors (Lipinski definition) is 8. The molecular formula is C35H41N7O3. The highest BCUT2D eigenvalue weighted by atomic mass is 16.2. The molecule has 1 unspecified atom stereocenters. The van der Waals surface area contributed by atoms with Gasteiger partial charge in [-0.25, -0.2) is 9.97 Å². The van der Waals surface area contributed by atoms with Crippen molar-refractivity contribution in [3.8, 4) is 0 Å². The zero-order chi connectivity index (χ0) is 31.1. The number of fused-ring (bicyclic) bond motifs is 1. The van der Waals surface area contributed by atoms with E-state index in [0.29, 0.717) is 36.4 Å². The molecule has 3 amide bonds. The zero-order valence-electron chi connectivity index (χ0n) is 26.0. The third-order valence-corrected chi connectivity index (χ3v) is 9.85. The second-order valence-corrected chi connectivity index (χ2v) is 13.3. The number of carbonyl (C=O) groups excluding carboxylic acids is 3. The van der Waals surface area contributed by atoms with E-state index >= 15 is 0 Å². The first-order chi connectivity index (χ1) is 21.8. The Balaban J connectivity index is 0.873. The molecule has 45 heavy (non-hydrogen) atoms. The van der Waals surface area contributed by atoms with E-state index in [2.05, 4.69) is 80.6 Å². The lowest BCUT2D eigenvalue weighted by Crippen LogP contribution is -2.52. The Morgan fingerprint density at radius 2 is 1.69 bits per heavy atom. The third-order valence-electron chi connectivity index (χ3n) is 9.85. The van der Waals surface area contributed by atoms with E-state index in [4.69, 9.17) is 0 Å². The van der Waals surface area contributed by atoms with Crippen LogP contribution in [0.15, 0.2) is 54.9 Å². The SMILES string of the molecule is CC(C)c1cnc(NC2CCN(c3ccc(CN4CC(c5ccc6c(c5)CN(C5CCC(=O)NC5=O)C6=O)C4)cc3)CC2)nc1. The van der Waals surface area contributed by atoms with Gasteiger partial charge in [0.2, 0.25) is 17.8 Å². The predicted octanol–water partition coefficient (Wildman–Crippen LogP) is 4.04. The molecule has 1 aromatic heterocycles. The van der Waals surface area contributed by atoms with Crippen molar-refractivity contribution in [3.05, 3.63) is 82.7 Å². The monoisotopic (exact) mass is 607 g/mol. The minimum absolute atomic E-state index is 0.118. The van der Waals surface area contributed by atoms with Crippen LogP contribution in [0.4, 0.5) is 11.6 Å². The van der Waals surface area contributed by atoms with Gasteiger partial charge < -0.3 is 15.1 Å². The van der Waals surface area contributed by atoms with Gasteiger partial charge in [0, 0.05) is 81.3 Å². The molecule has 7 rings (SSSR count). The van der Waals surface area contributed by atoms with Crippen LogP contribution >= 0.6 is 0 Å². The van der Waals surface area contributed by atoms with E-state index in [1.165, 1.54) is 16.8 Å². The van der Waals surface area contributed by atoms with Gasteiger partial charge in [0.1, 0.15) is 6.04 Å². The van der Waals surface area contributed by atoms with Crippen molar-refractivity contribution in [3.63, 3.8) is 0 Å². The van der Waals surface area contributed by atoms with Gasteiger partial charge >= 0.3 is 0 Å². The fourth-order valence-corrected chi connectivity index (χ4v) is 7.00. The molecule has 2 aromatic carbocycles. The Morgan fingerprint density at radius 1 is 0.956 bits per heavy atom. The Morgan fingerprint density at radius 3 is 2.38 bits per heavy atom. The molecule has 2 N–H and O–H groups in total. The van der Waals surface area contributed by atoms with Crippen molar-refractivity contribution in [2.45, 2.75) is 76.5 Å². The minimum atomic E-state index is -0.575. The van der Waals surface area contributed by atoms with E-state index in [0.717, 1.165) is 62.6 Å². The molecule has 5 heterocycles. The normalized spacial score (nSPS) is 21.2. The summed E-state index contributed by atoms with van der Waals surface area (Å²) in [5.41, 5.74) is 6.64. The quantitative estimate of drug-likeness (QED) is 0.370. The molecular weight excluding hydrogens is 566 g/mol. The van der Waals surface area contributed by atoms with Crippen LogP contribution in [0.5, 0.6) is 0 Å². The Hall–Kier alpha value is -4.31. The fourth-order valence-electron chi connectivity index (χ4n) is 7.00. The number of nitrogens with one attached hydrogen (secondary N) is 2. The summed E-state index contributed by atoms with van der Waals surface area (Å²) in [7, 11) is 0. The van der Waals surface area contributed by atoms with Gasteiger partial charge in [-0.1, -0.05) is 38.1 Å². The summed E-state index contributed by atoms with van der Waals surface area (Å²) in [6.07, 6.45) is 6.61. The van der Waals surface area contributed by atoms with Gasteiger partial charge in [-0.2, -0.15) is 0 Å². The van der Waals surface area contributed by atoms with Gasteiger partial charge in [-0.05, 0) is 65.6 Å². The smallest absolute Gasteiger partial charge is 0.255 e. The first-order valence-corrected chi connectivity index (χ1v) is 16.2. The third kappa shape index (κ3) is 6.16. The molecule has 4 aliphatic heterocycles. The molecule has 0 aliphatic carbocycles. The van der Waals surface area contributed by atoms with E-state index in [1.54, 1.807) is 4.90 Å². The number of benzene rings is 2. The van der Waals surface area contributed by atoms with Gasteiger partial charge in [-0.3, -0.25) is 24.6 Å². The summed E-state index contributed by atoms with van der Waals surface area (Å²) < 4.78 is 0. The summed E-state index contributed by atoms with van der Waals surface area (Å²) >= 11 is 0. The van der Waals surface area contributed by atoms with Gasteiger partial charge in [-0.15, -0.1) is 0 Å². The second kappa shape index (κ2) is 12.2. The summed E-state index contributed by atoms with van der Waals surface area (Å²) in [6.45, 7) is 9.62. The average Bonchev–Trinajstić information content (AvgIpc) is 3.34. The number of rotatable bonds is 8. The maximum atomic E-state index is 13.0. The highest BCUT2D eigenvalue weighted by Gasteiger charge is 2.39. The minimum Gasteiger partial charge on any atom is -0.371 e. The van der Waals surface area contributed by atoms with Crippen LogP contribution in [0.1, 0.15) is 84.0 Å². The van der Waals surface area contributed by atoms with Crippen LogP contribution in [0.2, 0.25) is 0 Å². The first kappa shape index (κ1) is 29.4. The lowest BCUT2D eigenvalue weighted by molar-refractivity contribution is -0.136. The fraction of sp³-hybridized carbons (Fsp3) is 0.457. The number of piperidine rings is 2. The molecule has 10 heteroatoms. The number of amides is 3. The van der Waals surface area contributed by atoms with Crippen LogP contribution in [-0.4, -0.2) is 75.8 Å². The number of hydrogen-bond donors (Lipinski definition) is 2. The van der Waals surface area contributed by atoms with Crippen molar-refractivity contribution in [1.82, 2.24) is 25.1 Å². The molecule has 3 saturated heterocycles. The molecule has 234 valence electrons.